The molecule has 5 nitrogen and oxygen atoms in total. The maximum atomic E-state index is 12.1. The zero-order chi connectivity index (χ0) is 15.6. The average Bonchev–Trinajstić information content (AvgIpc) is 2.66. The van der Waals surface area contributed by atoms with E-state index in [2.05, 4.69) is 10.5 Å². The molecular weight excluding hydrogens is 290 g/mol. The summed E-state index contributed by atoms with van der Waals surface area (Å²) < 4.78 is 0. The van der Waals surface area contributed by atoms with E-state index in [1.54, 1.807) is 6.07 Å². The highest BCUT2D eigenvalue weighted by Crippen LogP contribution is 2.30. The maximum Gasteiger partial charge on any atom is 0.254 e. The summed E-state index contributed by atoms with van der Waals surface area (Å²) >= 11 is 6.26. The molecule has 0 saturated carbocycles. The van der Waals surface area contributed by atoms with Gasteiger partial charge in [0.25, 0.3) is 5.91 Å². The number of anilines is 1. The van der Waals surface area contributed by atoms with E-state index >= 15 is 0 Å². The number of nitrogens with one attached hydrogen (secondary N) is 1. The zero-order valence-corrected chi connectivity index (χ0v) is 13.5. The molecule has 114 valence electrons. The Morgan fingerprint density at radius 3 is 2.71 bits per heavy atom. The van der Waals surface area contributed by atoms with Gasteiger partial charge in [0.15, 0.2) is 0 Å². The minimum Gasteiger partial charge on any atom is -0.279 e. The predicted molar refractivity (Wildman–Crippen MR) is 84.1 cm³/mol. The van der Waals surface area contributed by atoms with Crippen molar-refractivity contribution in [3.8, 4) is 0 Å². The van der Waals surface area contributed by atoms with Crippen LogP contribution in [0.4, 0.5) is 5.69 Å². The molecule has 0 aromatic heterocycles. The van der Waals surface area contributed by atoms with E-state index in [0.29, 0.717) is 18.2 Å². The van der Waals surface area contributed by atoms with Crippen LogP contribution in [0, 0.1) is 5.41 Å². The first-order valence-electron chi connectivity index (χ1n) is 6.80. The number of rotatable bonds is 4. The van der Waals surface area contributed by atoms with Gasteiger partial charge in [-0.05, 0) is 45.4 Å². The zero-order valence-electron chi connectivity index (χ0n) is 12.7. The van der Waals surface area contributed by atoms with Crippen molar-refractivity contribution >= 4 is 28.9 Å². The van der Waals surface area contributed by atoms with Crippen LogP contribution in [0.15, 0.2) is 23.3 Å². The summed E-state index contributed by atoms with van der Waals surface area (Å²) in [5, 5.41) is 6.07. The third-order valence-electron chi connectivity index (χ3n) is 3.16. The topological polar surface area (TPSA) is 53.9 Å². The lowest BCUT2D eigenvalue weighted by molar-refractivity contribution is -0.165. The Morgan fingerprint density at radius 2 is 2.19 bits per heavy atom. The number of carbonyl (C=O) groups is 1. The van der Waals surface area contributed by atoms with Crippen LogP contribution in [-0.4, -0.2) is 23.3 Å². The first-order valence-corrected chi connectivity index (χ1v) is 7.17. The van der Waals surface area contributed by atoms with Crippen molar-refractivity contribution in [2.24, 2.45) is 10.5 Å². The molecule has 1 N–H and O–H groups in total. The molecule has 0 aliphatic carbocycles. The first kappa shape index (κ1) is 15.8. The van der Waals surface area contributed by atoms with Crippen LogP contribution in [-0.2, 0) is 16.2 Å². The predicted octanol–water partition coefficient (Wildman–Crippen LogP) is 3.45. The SMILES string of the molecule is CC(C)=NNc1ccc(CN2OCC(C)(C)C2=O)c(Cl)c1. The van der Waals surface area contributed by atoms with Gasteiger partial charge in [0.1, 0.15) is 0 Å². The number of halogens is 1. The number of hydrogen-bond donors (Lipinski definition) is 1. The monoisotopic (exact) mass is 309 g/mol. The number of nitrogens with zero attached hydrogens (tertiary/aromatic N) is 2. The van der Waals surface area contributed by atoms with Crippen molar-refractivity contribution in [2.75, 3.05) is 12.0 Å². The van der Waals surface area contributed by atoms with Crippen LogP contribution in [0.25, 0.3) is 0 Å². The van der Waals surface area contributed by atoms with Crippen molar-refractivity contribution in [2.45, 2.75) is 34.2 Å². The Bertz CT molecular complexity index is 580. The van der Waals surface area contributed by atoms with Crippen molar-refractivity contribution in [3.63, 3.8) is 0 Å². The van der Waals surface area contributed by atoms with Gasteiger partial charge in [-0.15, -0.1) is 0 Å². The molecule has 0 radical (unpaired) electrons. The molecular formula is C15H20ClN3O2. The van der Waals surface area contributed by atoms with E-state index in [9.17, 15) is 4.79 Å². The molecule has 21 heavy (non-hydrogen) atoms. The third-order valence-corrected chi connectivity index (χ3v) is 3.51. The van der Waals surface area contributed by atoms with Gasteiger partial charge in [-0.25, -0.2) is 5.06 Å². The van der Waals surface area contributed by atoms with E-state index in [0.717, 1.165) is 17.0 Å². The van der Waals surface area contributed by atoms with E-state index in [-0.39, 0.29) is 5.91 Å². The number of carbonyl (C=O) groups excluding carboxylic acids is 1. The number of hydrogen-bond acceptors (Lipinski definition) is 4. The van der Waals surface area contributed by atoms with Crippen LogP contribution >= 0.6 is 11.6 Å². The van der Waals surface area contributed by atoms with Crippen LogP contribution in [0.3, 0.4) is 0 Å². The summed E-state index contributed by atoms with van der Waals surface area (Å²) in [5.41, 5.74) is 5.02. The largest absolute Gasteiger partial charge is 0.279 e. The molecule has 1 aromatic rings. The van der Waals surface area contributed by atoms with Crippen LogP contribution in [0.2, 0.25) is 5.02 Å². The standard InChI is InChI=1S/C15H20ClN3O2/c1-10(2)17-18-12-6-5-11(13(16)7-12)8-19-14(20)15(3,4)9-21-19/h5-7,18H,8-9H2,1-4H3. The minimum absolute atomic E-state index is 0.0213. The van der Waals surface area contributed by atoms with Crippen molar-refractivity contribution in [1.82, 2.24) is 5.06 Å². The van der Waals surface area contributed by atoms with Gasteiger partial charge in [-0.2, -0.15) is 5.10 Å². The molecule has 1 aromatic carbocycles. The average molecular weight is 310 g/mol. The third kappa shape index (κ3) is 3.74. The highest BCUT2D eigenvalue weighted by Gasteiger charge is 2.40. The molecule has 0 unspecified atom stereocenters. The quantitative estimate of drug-likeness (QED) is 0.684. The molecule has 1 fully saturated rings. The highest BCUT2D eigenvalue weighted by atomic mass is 35.5. The Morgan fingerprint density at radius 1 is 1.48 bits per heavy atom. The summed E-state index contributed by atoms with van der Waals surface area (Å²) in [6, 6.07) is 5.53. The van der Waals surface area contributed by atoms with Crippen LogP contribution in [0.5, 0.6) is 0 Å². The second-order valence-corrected chi connectivity index (χ2v) is 6.38. The minimum atomic E-state index is -0.471. The lowest BCUT2D eigenvalue weighted by Gasteiger charge is -2.17. The lowest BCUT2D eigenvalue weighted by atomic mass is 9.95. The van der Waals surface area contributed by atoms with Crippen molar-refractivity contribution in [3.05, 3.63) is 28.8 Å². The van der Waals surface area contributed by atoms with Gasteiger partial charge < -0.3 is 0 Å². The first-order chi connectivity index (χ1) is 9.79. The molecule has 0 spiro atoms. The second kappa shape index (κ2) is 6.03. The van der Waals surface area contributed by atoms with E-state index < -0.39 is 5.41 Å². The van der Waals surface area contributed by atoms with E-state index in [4.69, 9.17) is 16.4 Å². The van der Waals surface area contributed by atoms with Crippen molar-refractivity contribution in [1.29, 1.82) is 0 Å². The van der Waals surface area contributed by atoms with Crippen LogP contribution < -0.4 is 5.43 Å². The molecule has 6 heteroatoms. The van der Waals surface area contributed by atoms with Crippen molar-refractivity contribution < 1.29 is 9.63 Å². The number of benzene rings is 1. The van der Waals surface area contributed by atoms with Gasteiger partial charge in [0.05, 0.1) is 24.3 Å². The molecule has 1 heterocycles. The maximum absolute atomic E-state index is 12.1. The lowest BCUT2D eigenvalue weighted by Crippen LogP contribution is -2.30. The second-order valence-electron chi connectivity index (χ2n) is 5.98. The van der Waals surface area contributed by atoms with Gasteiger partial charge >= 0.3 is 0 Å². The molecule has 2 rings (SSSR count). The van der Waals surface area contributed by atoms with E-state index in [1.165, 1.54) is 5.06 Å². The smallest absolute Gasteiger partial charge is 0.254 e. The van der Waals surface area contributed by atoms with Crippen LogP contribution in [0.1, 0.15) is 33.3 Å². The van der Waals surface area contributed by atoms with Gasteiger partial charge in [-0.1, -0.05) is 17.7 Å². The molecule has 1 amide bonds. The Hall–Kier alpha value is -1.59. The summed E-state index contributed by atoms with van der Waals surface area (Å²) in [7, 11) is 0. The normalized spacial score (nSPS) is 17.0. The fourth-order valence-electron chi connectivity index (χ4n) is 1.89. The number of hydroxylamine groups is 2. The summed E-state index contributed by atoms with van der Waals surface area (Å²) in [6.07, 6.45) is 0. The Kier molecular flexibility index (Phi) is 4.54. The summed E-state index contributed by atoms with van der Waals surface area (Å²) in [5.74, 6) is -0.0213. The molecule has 0 bridgehead atoms. The molecule has 1 aliphatic rings. The number of hydrazone groups is 1. The Balaban J connectivity index is 2.08. The molecule has 0 atom stereocenters. The fraction of sp³-hybridized carbons (Fsp3) is 0.467. The molecule has 1 aliphatic heterocycles. The fourth-order valence-corrected chi connectivity index (χ4v) is 2.13. The van der Waals surface area contributed by atoms with E-state index in [1.807, 2.05) is 39.8 Å². The highest BCUT2D eigenvalue weighted by molar-refractivity contribution is 6.31. The Labute approximate surface area is 129 Å². The summed E-state index contributed by atoms with van der Waals surface area (Å²) in [4.78, 5) is 17.6. The summed E-state index contributed by atoms with van der Waals surface area (Å²) in [6.45, 7) is 8.29. The molecule has 1 saturated heterocycles. The van der Waals surface area contributed by atoms with Gasteiger partial charge in [-0.3, -0.25) is 15.1 Å². The van der Waals surface area contributed by atoms with Gasteiger partial charge in [0, 0.05) is 10.7 Å². The number of amides is 1. The van der Waals surface area contributed by atoms with Gasteiger partial charge in [0.2, 0.25) is 0 Å².